The summed E-state index contributed by atoms with van der Waals surface area (Å²) in [5.74, 6) is 1.25. The van der Waals surface area contributed by atoms with Gasteiger partial charge in [-0.15, -0.1) is 0 Å². The normalized spacial score (nSPS) is 11.6. The number of aromatic nitrogens is 3. The summed E-state index contributed by atoms with van der Waals surface area (Å²) in [5.41, 5.74) is 5.62. The van der Waals surface area contributed by atoms with E-state index in [4.69, 9.17) is 9.26 Å². The molecule has 2 aromatic carbocycles. The standard InChI is InChI=1S/C30H35N5O5S/c1-7-39-17-24-14-23(15-31-16-27-29(20(4)36)19(3)32-22(6)33-27)12-13-25(24)26-10-8-9-11-28(26)41(37,38)35-30-18(2)21(5)40-34-30/h8-14,31H,7,15-17H2,1-6H3,(H,34,35). The maximum atomic E-state index is 13.5. The Morgan fingerprint density at radius 1 is 1.00 bits per heavy atom. The molecule has 41 heavy (non-hydrogen) atoms. The van der Waals surface area contributed by atoms with Gasteiger partial charge in [0.2, 0.25) is 0 Å². The van der Waals surface area contributed by atoms with Gasteiger partial charge in [0.05, 0.1) is 28.5 Å². The zero-order valence-corrected chi connectivity index (χ0v) is 25.0. The lowest BCUT2D eigenvalue weighted by Gasteiger charge is -2.16. The molecule has 216 valence electrons. The number of benzene rings is 2. The molecule has 0 bridgehead atoms. The number of Topliss-reactive ketones (excluding diaryl/α,β-unsaturated/α-hetero) is 1. The van der Waals surface area contributed by atoms with E-state index in [1.165, 1.54) is 6.92 Å². The van der Waals surface area contributed by atoms with Crippen LogP contribution in [0, 0.1) is 27.7 Å². The first-order chi connectivity index (χ1) is 19.5. The molecule has 0 saturated carbocycles. The minimum absolute atomic E-state index is 0.0698. The number of nitrogens with zero attached hydrogens (tertiary/aromatic N) is 3. The van der Waals surface area contributed by atoms with Gasteiger partial charge >= 0.3 is 0 Å². The van der Waals surface area contributed by atoms with Gasteiger partial charge in [0.15, 0.2) is 11.6 Å². The zero-order chi connectivity index (χ0) is 29.7. The van der Waals surface area contributed by atoms with Crippen LogP contribution in [0.3, 0.4) is 0 Å². The van der Waals surface area contributed by atoms with Crippen LogP contribution in [0.15, 0.2) is 51.9 Å². The van der Waals surface area contributed by atoms with Crippen molar-refractivity contribution in [1.82, 2.24) is 20.4 Å². The topological polar surface area (TPSA) is 136 Å². The number of carbonyl (C=O) groups is 1. The Morgan fingerprint density at radius 3 is 2.44 bits per heavy atom. The first kappa shape index (κ1) is 30.0. The Hall–Kier alpha value is -3.93. The van der Waals surface area contributed by atoms with E-state index in [-0.39, 0.29) is 16.5 Å². The molecule has 2 heterocycles. The minimum Gasteiger partial charge on any atom is -0.377 e. The largest absolute Gasteiger partial charge is 0.377 e. The molecule has 0 spiro atoms. The molecule has 0 aliphatic carbocycles. The van der Waals surface area contributed by atoms with E-state index in [1.54, 1.807) is 45.0 Å². The molecule has 10 nitrogen and oxygen atoms in total. The van der Waals surface area contributed by atoms with Gasteiger partial charge in [0.1, 0.15) is 11.6 Å². The van der Waals surface area contributed by atoms with Crippen molar-refractivity contribution in [2.45, 2.75) is 66.1 Å². The Bertz CT molecular complexity index is 1680. The molecule has 0 fully saturated rings. The van der Waals surface area contributed by atoms with E-state index < -0.39 is 10.0 Å². The molecule has 0 radical (unpaired) electrons. The van der Waals surface area contributed by atoms with E-state index in [9.17, 15) is 13.2 Å². The van der Waals surface area contributed by atoms with Gasteiger partial charge < -0.3 is 14.6 Å². The van der Waals surface area contributed by atoms with Crippen molar-refractivity contribution < 1.29 is 22.5 Å². The molecule has 0 aliphatic rings. The maximum absolute atomic E-state index is 13.5. The summed E-state index contributed by atoms with van der Waals surface area (Å²) in [6.45, 7) is 12.2. The molecule has 2 N–H and O–H groups in total. The van der Waals surface area contributed by atoms with Gasteiger partial charge in [-0.2, -0.15) is 0 Å². The van der Waals surface area contributed by atoms with Gasteiger partial charge in [-0.05, 0) is 64.3 Å². The summed E-state index contributed by atoms with van der Waals surface area (Å²) < 4.78 is 40.4. The summed E-state index contributed by atoms with van der Waals surface area (Å²) in [6, 6.07) is 12.7. The molecule has 4 aromatic rings. The molecule has 4 rings (SSSR count). The van der Waals surface area contributed by atoms with Gasteiger partial charge in [-0.1, -0.05) is 41.6 Å². The van der Waals surface area contributed by atoms with Crippen LogP contribution >= 0.6 is 0 Å². The lowest BCUT2D eigenvalue weighted by molar-refractivity contribution is 0.101. The number of hydrogen-bond acceptors (Lipinski definition) is 9. The number of ether oxygens (including phenoxy) is 1. The monoisotopic (exact) mass is 577 g/mol. The van der Waals surface area contributed by atoms with Crippen LogP contribution in [-0.2, 0) is 34.5 Å². The SMILES string of the molecule is CCOCc1cc(CNCc2nc(C)nc(C)c2C(C)=O)ccc1-c1ccccc1S(=O)(=O)Nc1noc(C)c1C. The second-order valence-electron chi connectivity index (χ2n) is 9.78. The molecular weight excluding hydrogens is 542 g/mol. The Morgan fingerprint density at radius 2 is 1.76 bits per heavy atom. The minimum atomic E-state index is -3.98. The number of nitrogens with one attached hydrogen (secondary N) is 2. The van der Waals surface area contributed by atoms with Crippen molar-refractivity contribution in [3.8, 4) is 11.1 Å². The first-order valence-corrected chi connectivity index (χ1v) is 14.8. The average molecular weight is 578 g/mol. The lowest BCUT2D eigenvalue weighted by Crippen LogP contribution is -2.19. The summed E-state index contributed by atoms with van der Waals surface area (Å²) in [6.07, 6.45) is 0. The smallest absolute Gasteiger partial charge is 0.263 e. The average Bonchev–Trinajstić information content (AvgIpc) is 3.23. The quantitative estimate of drug-likeness (QED) is 0.218. The lowest BCUT2D eigenvalue weighted by atomic mass is 9.97. The number of sulfonamides is 1. The van der Waals surface area contributed by atoms with Gasteiger partial charge in [-0.3, -0.25) is 9.52 Å². The predicted molar refractivity (Wildman–Crippen MR) is 156 cm³/mol. The van der Waals surface area contributed by atoms with Crippen molar-refractivity contribution in [1.29, 1.82) is 0 Å². The van der Waals surface area contributed by atoms with Crippen molar-refractivity contribution in [2.75, 3.05) is 11.3 Å². The Balaban J connectivity index is 1.63. The highest BCUT2D eigenvalue weighted by molar-refractivity contribution is 7.92. The highest BCUT2D eigenvalue weighted by Crippen LogP contribution is 2.33. The molecule has 2 aromatic heterocycles. The molecule has 0 saturated heterocycles. The highest BCUT2D eigenvalue weighted by Gasteiger charge is 2.23. The van der Waals surface area contributed by atoms with Crippen LogP contribution in [0.2, 0.25) is 0 Å². The zero-order valence-electron chi connectivity index (χ0n) is 24.2. The molecule has 0 atom stereocenters. The van der Waals surface area contributed by atoms with Crippen LogP contribution in [0.1, 0.15) is 63.9 Å². The van der Waals surface area contributed by atoms with Gasteiger partial charge in [-0.25, -0.2) is 18.4 Å². The third-order valence-corrected chi connectivity index (χ3v) is 8.13. The van der Waals surface area contributed by atoms with E-state index in [1.807, 2.05) is 32.0 Å². The molecule has 0 unspecified atom stereocenters. The van der Waals surface area contributed by atoms with E-state index in [0.717, 1.165) is 16.7 Å². The Kier molecular flexibility index (Phi) is 9.31. The third-order valence-electron chi connectivity index (χ3n) is 6.74. The molecule has 0 amide bonds. The van der Waals surface area contributed by atoms with Crippen molar-refractivity contribution in [2.24, 2.45) is 0 Å². The highest BCUT2D eigenvalue weighted by atomic mass is 32.2. The summed E-state index contributed by atoms with van der Waals surface area (Å²) in [4.78, 5) is 21.1. The van der Waals surface area contributed by atoms with Crippen LogP contribution in [0.25, 0.3) is 11.1 Å². The van der Waals surface area contributed by atoms with Crippen LogP contribution in [0.4, 0.5) is 5.82 Å². The fraction of sp³-hybridized carbons (Fsp3) is 0.333. The predicted octanol–water partition coefficient (Wildman–Crippen LogP) is 5.19. The fourth-order valence-corrected chi connectivity index (χ4v) is 5.94. The number of hydrogen-bond donors (Lipinski definition) is 2. The van der Waals surface area contributed by atoms with Gasteiger partial charge in [0.25, 0.3) is 10.0 Å². The number of rotatable bonds is 12. The third kappa shape index (κ3) is 6.87. The fourth-order valence-electron chi connectivity index (χ4n) is 4.66. The number of aryl methyl sites for hydroxylation is 3. The molecular formula is C30H35N5O5S. The maximum Gasteiger partial charge on any atom is 0.263 e. The van der Waals surface area contributed by atoms with Crippen molar-refractivity contribution in [3.05, 3.63) is 87.7 Å². The summed E-state index contributed by atoms with van der Waals surface area (Å²) in [7, 11) is -3.98. The number of ketones is 1. The second kappa shape index (κ2) is 12.7. The summed E-state index contributed by atoms with van der Waals surface area (Å²) >= 11 is 0. The number of carbonyl (C=O) groups excluding carboxylic acids is 1. The first-order valence-electron chi connectivity index (χ1n) is 13.3. The molecule has 11 heteroatoms. The molecule has 0 aliphatic heterocycles. The van der Waals surface area contributed by atoms with Crippen LogP contribution in [-0.4, -0.2) is 35.9 Å². The second-order valence-corrected chi connectivity index (χ2v) is 11.4. The van der Waals surface area contributed by atoms with E-state index in [0.29, 0.717) is 66.0 Å². The Labute approximate surface area is 240 Å². The van der Waals surface area contributed by atoms with E-state index >= 15 is 0 Å². The van der Waals surface area contributed by atoms with E-state index in [2.05, 4.69) is 25.2 Å². The van der Waals surface area contributed by atoms with Crippen molar-refractivity contribution in [3.63, 3.8) is 0 Å². The van der Waals surface area contributed by atoms with Gasteiger partial charge in [0, 0.05) is 30.8 Å². The van der Waals surface area contributed by atoms with Crippen LogP contribution < -0.4 is 10.0 Å². The number of anilines is 1. The van der Waals surface area contributed by atoms with Crippen molar-refractivity contribution >= 4 is 21.6 Å². The van der Waals surface area contributed by atoms with Crippen LogP contribution in [0.5, 0.6) is 0 Å². The summed E-state index contributed by atoms with van der Waals surface area (Å²) in [5, 5.41) is 7.23.